The lowest BCUT2D eigenvalue weighted by Gasteiger charge is -2.14. The largest absolute Gasteiger partial charge is 0.490 e. The van der Waals surface area contributed by atoms with Crippen molar-refractivity contribution >= 4 is 15.7 Å². The number of hydrogen-bond donors (Lipinski definition) is 2. The molecule has 0 aromatic heterocycles. The minimum atomic E-state index is -3.36. The fraction of sp³-hybridized carbons (Fsp3) is 0.538. The molecule has 1 saturated heterocycles. The first-order valence-electron chi connectivity index (χ1n) is 6.77. The molecule has 0 spiro atoms. The second-order valence-corrected chi connectivity index (χ2v) is 6.93. The van der Waals surface area contributed by atoms with Crippen LogP contribution < -0.4 is 19.5 Å². The Morgan fingerprint density at radius 3 is 2.75 bits per heavy atom. The van der Waals surface area contributed by atoms with Crippen molar-refractivity contribution in [1.82, 2.24) is 5.32 Å². The van der Waals surface area contributed by atoms with Crippen molar-refractivity contribution in [2.24, 2.45) is 0 Å². The van der Waals surface area contributed by atoms with E-state index in [-0.39, 0.29) is 5.25 Å². The molecule has 7 heteroatoms. The number of benzene rings is 1. The zero-order chi connectivity index (χ0) is 14.0. The van der Waals surface area contributed by atoms with E-state index in [1.807, 2.05) is 0 Å². The molecule has 1 aromatic rings. The molecule has 3 rings (SSSR count). The third kappa shape index (κ3) is 2.83. The zero-order valence-corrected chi connectivity index (χ0v) is 11.9. The number of anilines is 1. The van der Waals surface area contributed by atoms with Gasteiger partial charge in [-0.2, -0.15) is 0 Å². The van der Waals surface area contributed by atoms with Crippen molar-refractivity contribution < 1.29 is 17.9 Å². The average Bonchev–Trinajstić information content (AvgIpc) is 2.86. The molecule has 2 aliphatic rings. The molecule has 1 fully saturated rings. The minimum absolute atomic E-state index is 0.376. The molecular formula is C13H18N2O4S. The number of ether oxygens (including phenoxy) is 2. The second-order valence-electron chi connectivity index (χ2n) is 4.97. The van der Waals surface area contributed by atoms with Crippen LogP contribution in [-0.2, 0) is 10.0 Å². The highest BCUT2D eigenvalue weighted by atomic mass is 32.2. The van der Waals surface area contributed by atoms with Gasteiger partial charge in [-0.25, -0.2) is 8.42 Å². The van der Waals surface area contributed by atoms with Gasteiger partial charge in [0.05, 0.1) is 24.2 Å². The van der Waals surface area contributed by atoms with Crippen molar-refractivity contribution in [3.63, 3.8) is 0 Å². The lowest BCUT2D eigenvalue weighted by atomic mass is 10.3. The third-order valence-electron chi connectivity index (χ3n) is 3.46. The van der Waals surface area contributed by atoms with E-state index in [1.54, 1.807) is 18.2 Å². The highest BCUT2D eigenvalue weighted by molar-refractivity contribution is 7.93. The fourth-order valence-electron chi connectivity index (χ4n) is 2.37. The molecule has 20 heavy (non-hydrogen) atoms. The van der Waals surface area contributed by atoms with Gasteiger partial charge in [-0.15, -0.1) is 0 Å². The van der Waals surface area contributed by atoms with Gasteiger partial charge in [0, 0.05) is 19.0 Å². The molecule has 0 amide bonds. The van der Waals surface area contributed by atoms with Gasteiger partial charge in [-0.1, -0.05) is 0 Å². The lowest BCUT2D eigenvalue weighted by molar-refractivity contribution is 0.297. The monoisotopic (exact) mass is 298 g/mol. The average molecular weight is 298 g/mol. The molecule has 0 radical (unpaired) electrons. The summed E-state index contributed by atoms with van der Waals surface area (Å²) in [6.07, 6.45) is 1.46. The maximum atomic E-state index is 12.2. The van der Waals surface area contributed by atoms with Crippen LogP contribution in [0.1, 0.15) is 12.8 Å². The summed E-state index contributed by atoms with van der Waals surface area (Å²) in [5.41, 5.74) is 0.515. The summed E-state index contributed by atoms with van der Waals surface area (Å²) in [4.78, 5) is 0. The van der Waals surface area contributed by atoms with Crippen LogP contribution >= 0.6 is 0 Å². The summed E-state index contributed by atoms with van der Waals surface area (Å²) in [5, 5.41) is 2.68. The molecule has 2 N–H and O–H groups in total. The number of rotatable bonds is 3. The van der Waals surface area contributed by atoms with Gasteiger partial charge in [-0.05, 0) is 25.1 Å². The fourth-order valence-corrected chi connectivity index (χ4v) is 3.75. The van der Waals surface area contributed by atoms with Gasteiger partial charge in [-0.3, -0.25) is 4.72 Å². The Labute approximate surface area is 118 Å². The number of fused-ring (bicyclic) bond motifs is 1. The first-order valence-corrected chi connectivity index (χ1v) is 8.32. The van der Waals surface area contributed by atoms with E-state index in [9.17, 15) is 8.42 Å². The van der Waals surface area contributed by atoms with Gasteiger partial charge < -0.3 is 14.8 Å². The molecule has 110 valence electrons. The van der Waals surface area contributed by atoms with Gasteiger partial charge >= 0.3 is 0 Å². The molecule has 2 heterocycles. The summed E-state index contributed by atoms with van der Waals surface area (Å²) in [6.45, 7) is 2.44. The van der Waals surface area contributed by atoms with Crippen LogP contribution in [0.4, 0.5) is 5.69 Å². The van der Waals surface area contributed by atoms with Crippen LogP contribution in [0.3, 0.4) is 0 Å². The van der Waals surface area contributed by atoms with E-state index in [4.69, 9.17) is 9.47 Å². The Kier molecular flexibility index (Phi) is 3.71. The quantitative estimate of drug-likeness (QED) is 0.869. The van der Waals surface area contributed by atoms with Crippen LogP contribution in [0.2, 0.25) is 0 Å². The Hall–Kier alpha value is -1.47. The topological polar surface area (TPSA) is 76.7 Å². The summed E-state index contributed by atoms with van der Waals surface area (Å²) in [7, 11) is -3.36. The summed E-state index contributed by atoms with van der Waals surface area (Å²) in [5.74, 6) is 1.25. The Morgan fingerprint density at radius 2 is 2.00 bits per heavy atom. The van der Waals surface area contributed by atoms with E-state index < -0.39 is 10.0 Å². The minimum Gasteiger partial charge on any atom is -0.490 e. The van der Waals surface area contributed by atoms with E-state index in [1.165, 1.54) is 0 Å². The van der Waals surface area contributed by atoms with Crippen LogP contribution in [0.25, 0.3) is 0 Å². The predicted octanol–water partition coefficient (Wildman–Crippen LogP) is 0.951. The van der Waals surface area contributed by atoms with Gasteiger partial charge in [0.25, 0.3) is 0 Å². The zero-order valence-electron chi connectivity index (χ0n) is 11.1. The Bertz CT molecular complexity index is 582. The van der Waals surface area contributed by atoms with Gasteiger partial charge in [0.15, 0.2) is 11.5 Å². The van der Waals surface area contributed by atoms with E-state index in [2.05, 4.69) is 10.0 Å². The molecule has 6 nitrogen and oxygen atoms in total. The van der Waals surface area contributed by atoms with Crippen molar-refractivity contribution in [3.8, 4) is 11.5 Å². The van der Waals surface area contributed by atoms with Crippen molar-refractivity contribution in [2.75, 3.05) is 31.0 Å². The lowest BCUT2D eigenvalue weighted by Crippen LogP contribution is -2.29. The molecule has 1 unspecified atom stereocenters. The standard InChI is InChI=1S/C13H18N2O4S/c16-20(17,11-4-5-14-9-11)15-10-2-3-12-13(8-10)19-7-1-6-18-12/h2-3,8,11,14-15H,1,4-7,9H2. The first kappa shape index (κ1) is 13.5. The maximum absolute atomic E-state index is 12.2. The molecule has 1 atom stereocenters. The summed E-state index contributed by atoms with van der Waals surface area (Å²) >= 11 is 0. The van der Waals surface area contributed by atoms with Crippen molar-refractivity contribution in [3.05, 3.63) is 18.2 Å². The Morgan fingerprint density at radius 1 is 1.20 bits per heavy atom. The molecule has 2 aliphatic heterocycles. The van der Waals surface area contributed by atoms with Gasteiger partial charge in [0.1, 0.15) is 0 Å². The van der Waals surface area contributed by atoms with Crippen LogP contribution in [-0.4, -0.2) is 40.0 Å². The number of nitrogens with one attached hydrogen (secondary N) is 2. The number of sulfonamides is 1. The first-order chi connectivity index (χ1) is 9.65. The SMILES string of the molecule is O=S(=O)(Nc1ccc2c(c1)OCCCO2)C1CCNC1. The summed E-state index contributed by atoms with van der Waals surface area (Å²) in [6, 6.07) is 5.12. The van der Waals surface area contributed by atoms with Crippen molar-refractivity contribution in [2.45, 2.75) is 18.1 Å². The highest BCUT2D eigenvalue weighted by Crippen LogP contribution is 2.32. The molecule has 0 bridgehead atoms. The molecule has 1 aromatic carbocycles. The van der Waals surface area contributed by atoms with Crippen molar-refractivity contribution in [1.29, 1.82) is 0 Å². The molecule has 0 saturated carbocycles. The van der Waals surface area contributed by atoms with Gasteiger partial charge in [0.2, 0.25) is 10.0 Å². The van der Waals surface area contributed by atoms with E-state index in [0.29, 0.717) is 43.4 Å². The third-order valence-corrected chi connectivity index (χ3v) is 5.26. The molecular weight excluding hydrogens is 280 g/mol. The number of hydrogen-bond acceptors (Lipinski definition) is 5. The summed E-state index contributed by atoms with van der Waals surface area (Å²) < 4.78 is 38.1. The van der Waals surface area contributed by atoms with Crippen LogP contribution in [0.15, 0.2) is 18.2 Å². The normalized spacial score (nSPS) is 22.3. The highest BCUT2D eigenvalue weighted by Gasteiger charge is 2.28. The second kappa shape index (κ2) is 5.49. The van der Waals surface area contributed by atoms with Crippen LogP contribution in [0, 0.1) is 0 Å². The Balaban J connectivity index is 1.79. The predicted molar refractivity (Wildman–Crippen MR) is 75.9 cm³/mol. The molecule has 0 aliphatic carbocycles. The van der Waals surface area contributed by atoms with E-state index in [0.717, 1.165) is 13.0 Å². The van der Waals surface area contributed by atoms with E-state index >= 15 is 0 Å². The maximum Gasteiger partial charge on any atom is 0.236 e. The van der Waals surface area contributed by atoms with Crippen LogP contribution in [0.5, 0.6) is 11.5 Å². The smallest absolute Gasteiger partial charge is 0.236 e.